The van der Waals surface area contributed by atoms with Gasteiger partial charge in [-0.3, -0.25) is 9.69 Å². The third kappa shape index (κ3) is 3.59. The van der Waals surface area contributed by atoms with E-state index in [0.29, 0.717) is 21.6 Å². The summed E-state index contributed by atoms with van der Waals surface area (Å²) in [5.74, 6) is 0.528. The molecule has 1 N–H and O–H groups in total. The number of amides is 1. The molecule has 0 atom stereocenters. The van der Waals surface area contributed by atoms with Crippen LogP contribution in [0.2, 0.25) is 0 Å². The first kappa shape index (κ1) is 17.3. The van der Waals surface area contributed by atoms with Gasteiger partial charge in [0.1, 0.15) is 4.32 Å². The van der Waals surface area contributed by atoms with E-state index >= 15 is 0 Å². The molecule has 24 heavy (non-hydrogen) atoms. The second kappa shape index (κ2) is 7.57. The first-order valence-electron chi connectivity index (χ1n) is 8.33. The van der Waals surface area contributed by atoms with Crippen LogP contribution < -0.4 is 4.74 Å². The zero-order valence-corrected chi connectivity index (χ0v) is 15.3. The van der Waals surface area contributed by atoms with Gasteiger partial charge >= 0.3 is 0 Å². The Morgan fingerprint density at radius 1 is 1.38 bits per heavy atom. The van der Waals surface area contributed by atoms with Crippen LogP contribution in [0.1, 0.15) is 44.6 Å². The average Bonchev–Trinajstić information content (AvgIpc) is 2.85. The maximum absolute atomic E-state index is 12.8. The van der Waals surface area contributed by atoms with Crippen LogP contribution in [-0.4, -0.2) is 32.9 Å². The van der Waals surface area contributed by atoms with Crippen LogP contribution in [-0.2, 0) is 4.79 Å². The van der Waals surface area contributed by atoms with Crippen LogP contribution in [0.5, 0.6) is 11.5 Å². The van der Waals surface area contributed by atoms with Crippen molar-refractivity contribution in [1.82, 2.24) is 4.90 Å². The van der Waals surface area contributed by atoms with Crippen molar-refractivity contribution >= 4 is 40.3 Å². The van der Waals surface area contributed by atoms with E-state index in [4.69, 9.17) is 17.0 Å². The molecule has 1 aromatic carbocycles. The third-order valence-electron chi connectivity index (χ3n) is 4.34. The van der Waals surface area contributed by atoms with E-state index in [1.54, 1.807) is 23.1 Å². The lowest BCUT2D eigenvalue weighted by atomic mass is 9.94. The molecule has 3 rings (SSSR count). The quantitative estimate of drug-likeness (QED) is 0.637. The number of phenolic OH excluding ortho intramolecular Hbond substituents is 1. The Hall–Kier alpha value is -1.53. The van der Waals surface area contributed by atoms with Gasteiger partial charge < -0.3 is 9.84 Å². The second-order valence-electron chi connectivity index (χ2n) is 6.00. The van der Waals surface area contributed by atoms with Crippen LogP contribution in [0.3, 0.4) is 0 Å². The number of phenols is 1. The Labute approximate surface area is 151 Å². The third-order valence-corrected chi connectivity index (χ3v) is 5.68. The molecule has 0 unspecified atom stereocenters. The zero-order chi connectivity index (χ0) is 17.1. The van der Waals surface area contributed by atoms with Crippen LogP contribution in [0, 0.1) is 0 Å². The first-order valence-corrected chi connectivity index (χ1v) is 9.55. The molecule has 1 heterocycles. The van der Waals surface area contributed by atoms with Crippen molar-refractivity contribution in [3.63, 3.8) is 0 Å². The highest BCUT2D eigenvalue weighted by Crippen LogP contribution is 2.38. The molecular formula is C18H21NO3S2. The molecule has 0 spiro atoms. The van der Waals surface area contributed by atoms with Gasteiger partial charge in [0.2, 0.25) is 0 Å². The Morgan fingerprint density at radius 3 is 2.83 bits per heavy atom. The lowest BCUT2D eigenvalue weighted by Gasteiger charge is -2.29. The SMILES string of the molecule is CCOc1cc(C=C2SC(=S)N(C3CCCCC3)C2=O)ccc1O. The molecular weight excluding hydrogens is 342 g/mol. The standard InChI is InChI=1S/C18H21NO3S2/c1-2-22-15-10-12(8-9-14(15)20)11-16-17(21)19(18(23)24-16)13-6-4-3-5-7-13/h8-11,13,20H,2-7H2,1H3. The fourth-order valence-electron chi connectivity index (χ4n) is 3.18. The van der Waals surface area contributed by atoms with Gasteiger partial charge in [-0.05, 0) is 43.5 Å². The van der Waals surface area contributed by atoms with Gasteiger partial charge in [-0.1, -0.05) is 49.3 Å². The van der Waals surface area contributed by atoms with Crippen LogP contribution in [0.15, 0.2) is 23.1 Å². The fraction of sp³-hybridized carbons (Fsp3) is 0.444. The molecule has 1 aromatic rings. The van der Waals surface area contributed by atoms with Gasteiger partial charge in [-0.2, -0.15) is 0 Å². The number of hydrogen-bond donors (Lipinski definition) is 1. The topological polar surface area (TPSA) is 49.8 Å². The van der Waals surface area contributed by atoms with Gasteiger partial charge in [0, 0.05) is 6.04 Å². The highest BCUT2D eigenvalue weighted by Gasteiger charge is 2.37. The minimum absolute atomic E-state index is 0.00272. The number of hydrogen-bond acceptors (Lipinski definition) is 5. The van der Waals surface area contributed by atoms with Crippen molar-refractivity contribution in [2.24, 2.45) is 0 Å². The van der Waals surface area contributed by atoms with Gasteiger partial charge in [-0.15, -0.1) is 0 Å². The number of rotatable bonds is 4. The fourth-order valence-corrected chi connectivity index (χ4v) is 4.58. The molecule has 1 aliphatic heterocycles. The van der Waals surface area contributed by atoms with Gasteiger partial charge in [0.15, 0.2) is 11.5 Å². The monoisotopic (exact) mass is 363 g/mol. The average molecular weight is 364 g/mol. The minimum Gasteiger partial charge on any atom is -0.504 e. The summed E-state index contributed by atoms with van der Waals surface area (Å²) in [5, 5.41) is 9.79. The van der Waals surface area contributed by atoms with Crippen molar-refractivity contribution < 1.29 is 14.6 Å². The van der Waals surface area contributed by atoms with Crippen molar-refractivity contribution in [2.45, 2.75) is 45.1 Å². The number of nitrogens with zero attached hydrogens (tertiary/aromatic N) is 1. The number of thioether (sulfide) groups is 1. The molecule has 2 fully saturated rings. The summed E-state index contributed by atoms with van der Waals surface area (Å²) in [5.41, 5.74) is 0.820. The molecule has 1 saturated carbocycles. The summed E-state index contributed by atoms with van der Waals surface area (Å²) in [6.07, 6.45) is 7.46. The maximum Gasteiger partial charge on any atom is 0.266 e. The first-order chi connectivity index (χ1) is 11.6. The van der Waals surface area contributed by atoms with Crippen LogP contribution in [0.25, 0.3) is 6.08 Å². The van der Waals surface area contributed by atoms with E-state index in [2.05, 4.69) is 0 Å². The molecule has 1 aliphatic carbocycles. The molecule has 1 saturated heterocycles. The highest BCUT2D eigenvalue weighted by molar-refractivity contribution is 8.26. The van der Waals surface area contributed by atoms with Crippen LogP contribution >= 0.6 is 24.0 Å². The molecule has 1 amide bonds. The largest absolute Gasteiger partial charge is 0.504 e. The van der Waals surface area contributed by atoms with E-state index in [1.807, 2.05) is 13.0 Å². The summed E-state index contributed by atoms with van der Waals surface area (Å²) in [7, 11) is 0. The molecule has 6 heteroatoms. The van der Waals surface area contributed by atoms with E-state index in [9.17, 15) is 9.90 Å². The number of thiocarbonyl (C=S) groups is 1. The highest BCUT2D eigenvalue weighted by atomic mass is 32.2. The Balaban J connectivity index is 1.82. The lowest BCUT2D eigenvalue weighted by Crippen LogP contribution is -2.39. The van der Waals surface area contributed by atoms with Crippen LogP contribution in [0.4, 0.5) is 0 Å². The summed E-state index contributed by atoms with van der Waals surface area (Å²) in [6.45, 7) is 2.34. The number of aromatic hydroxyl groups is 1. The molecule has 128 valence electrons. The number of ether oxygens (including phenoxy) is 1. The van der Waals surface area contributed by atoms with Gasteiger partial charge in [0.25, 0.3) is 5.91 Å². The summed E-state index contributed by atoms with van der Waals surface area (Å²) in [4.78, 5) is 15.2. The van der Waals surface area contributed by atoms with E-state index in [1.165, 1.54) is 18.2 Å². The summed E-state index contributed by atoms with van der Waals surface area (Å²) >= 11 is 6.80. The molecule has 0 radical (unpaired) electrons. The predicted octanol–water partition coefficient (Wildman–Crippen LogP) is 4.32. The lowest BCUT2D eigenvalue weighted by molar-refractivity contribution is -0.124. The minimum atomic E-state index is 0.00272. The Kier molecular flexibility index (Phi) is 5.46. The van der Waals surface area contributed by atoms with E-state index in [-0.39, 0.29) is 17.7 Å². The van der Waals surface area contributed by atoms with Gasteiger partial charge in [0.05, 0.1) is 11.5 Å². The number of carbonyl (C=O) groups excluding carboxylic acids is 1. The molecule has 0 aromatic heterocycles. The zero-order valence-electron chi connectivity index (χ0n) is 13.7. The summed E-state index contributed by atoms with van der Waals surface area (Å²) < 4.78 is 6.05. The number of benzene rings is 1. The number of carbonyl (C=O) groups is 1. The van der Waals surface area contributed by atoms with Crippen molar-refractivity contribution in [3.8, 4) is 11.5 Å². The second-order valence-corrected chi connectivity index (χ2v) is 7.68. The van der Waals surface area contributed by atoms with Crippen molar-refractivity contribution in [1.29, 1.82) is 0 Å². The van der Waals surface area contributed by atoms with E-state index in [0.717, 1.165) is 31.2 Å². The normalized spacial score (nSPS) is 20.9. The summed E-state index contributed by atoms with van der Waals surface area (Å²) in [6, 6.07) is 5.34. The van der Waals surface area contributed by atoms with Gasteiger partial charge in [-0.25, -0.2) is 0 Å². The Morgan fingerprint density at radius 2 is 2.12 bits per heavy atom. The van der Waals surface area contributed by atoms with E-state index < -0.39 is 0 Å². The van der Waals surface area contributed by atoms with Crippen molar-refractivity contribution in [2.75, 3.05) is 6.61 Å². The van der Waals surface area contributed by atoms with Crippen molar-refractivity contribution in [3.05, 3.63) is 28.7 Å². The molecule has 4 nitrogen and oxygen atoms in total. The molecule has 0 bridgehead atoms. The maximum atomic E-state index is 12.8. The predicted molar refractivity (Wildman–Crippen MR) is 101 cm³/mol. The Bertz CT molecular complexity index is 681. The molecule has 2 aliphatic rings. The smallest absolute Gasteiger partial charge is 0.266 e.